The molecule has 116 valence electrons. The third-order valence-corrected chi connectivity index (χ3v) is 4.35. The van der Waals surface area contributed by atoms with Crippen molar-refractivity contribution in [3.05, 3.63) is 61.8 Å². The van der Waals surface area contributed by atoms with E-state index in [1.54, 1.807) is 29.4 Å². The van der Waals surface area contributed by atoms with E-state index in [2.05, 4.69) is 0 Å². The van der Waals surface area contributed by atoms with E-state index in [4.69, 9.17) is 0 Å². The van der Waals surface area contributed by atoms with E-state index < -0.39 is 4.92 Å². The third kappa shape index (κ3) is 4.39. The van der Waals surface area contributed by atoms with Gasteiger partial charge in [-0.3, -0.25) is 14.9 Å². The number of benzene rings is 1. The number of thiophene rings is 1. The molecule has 22 heavy (non-hydrogen) atoms. The highest BCUT2D eigenvalue weighted by atomic mass is 32.1. The maximum atomic E-state index is 12.1. The van der Waals surface area contributed by atoms with Crippen LogP contribution in [0.4, 0.5) is 5.69 Å². The molecule has 2 rings (SSSR count). The highest BCUT2D eigenvalue weighted by Gasteiger charge is 2.12. The van der Waals surface area contributed by atoms with Gasteiger partial charge in [0.05, 0.1) is 11.5 Å². The lowest BCUT2D eigenvalue weighted by Crippen LogP contribution is -2.25. The molecule has 0 atom stereocenters. The fourth-order valence-corrected chi connectivity index (χ4v) is 3.10. The first-order chi connectivity index (χ1) is 10.5. The minimum absolute atomic E-state index is 0.0394. The van der Waals surface area contributed by atoms with Crippen LogP contribution in [0.1, 0.15) is 21.7 Å². The Morgan fingerprint density at radius 2 is 2.09 bits per heavy atom. The average Bonchev–Trinajstić information content (AvgIpc) is 2.90. The number of carbonyl (C=O) groups is 1. The maximum absolute atomic E-state index is 12.1. The standard InChI is InChI=1S/C16H18N2O3S/c1-12-6-8-15(22-12)11-17(2)16(19)9-7-13-4-3-5-14(10-13)18(20)21/h3-6,8,10H,7,9,11H2,1-2H3. The van der Waals surface area contributed by atoms with Crippen molar-refractivity contribution in [2.45, 2.75) is 26.3 Å². The summed E-state index contributed by atoms with van der Waals surface area (Å²) in [6.07, 6.45) is 0.857. The zero-order valence-corrected chi connectivity index (χ0v) is 13.4. The van der Waals surface area contributed by atoms with Gasteiger partial charge in [-0.2, -0.15) is 0 Å². The van der Waals surface area contributed by atoms with Crippen molar-refractivity contribution in [1.82, 2.24) is 4.90 Å². The minimum Gasteiger partial charge on any atom is -0.341 e. The molecule has 0 aliphatic heterocycles. The molecule has 0 N–H and O–H groups in total. The zero-order valence-electron chi connectivity index (χ0n) is 12.6. The summed E-state index contributed by atoms with van der Waals surface area (Å²) in [5.41, 5.74) is 0.871. The number of hydrogen-bond donors (Lipinski definition) is 0. The number of hydrogen-bond acceptors (Lipinski definition) is 4. The largest absolute Gasteiger partial charge is 0.341 e. The Hall–Kier alpha value is -2.21. The van der Waals surface area contributed by atoms with Crippen molar-refractivity contribution < 1.29 is 9.72 Å². The highest BCUT2D eigenvalue weighted by molar-refractivity contribution is 7.11. The Balaban J connectivity index is 1.89. The second-order valence-corrected chi connectivity index (χ2v) is 6.56. The molecular weight excluding hydrogens is 300 g/mol. The van der Waals surface area contributed by atoms with Gasteiger partial charge in [-0.25, -0.2) is 0 Å². The van der Waals surface area contributed by atoms with Crippen LogP contribution < -0.4 is 0 Å². The average molecular weight is 318 g/mol. The molecule has 1 amide bonds. The van der Waals surface area contributed by atoms with E-state index in [1.165, 1.54) is 17.0 Å². The number of nitro benzene ring substituents is 1. The summed E-state index contributed by atoms with van der Waals surface area (Å²) in [4.78, 5) is 26.5. The SMILES string of the molecule is Cc1ccc(CN(C)C(=O)CCc2cccc([N+](=O)[O-])c2)s1. The molecule has 0 saturated heterocycles. The van der Waals surface area contributed by atoms with Crippen LogP contribution in [0.2, 0.25) is 0 Å². The zero-order chi connectivity index (χ0) is 16.1. The number of amides is 1. The molecule has 0 aliphatic carbocycles. The van der Waals surface area contributed by atoms with Crippen molar-refractivity contribution in [3.8, 4) is 0 Å². The predicted molar refractivity (Wildman–Crippen MR) is 86.9 cm³/mol. The lowest BCUT2D eigenvalue weighted by atomic mass is 10.1. The number of carbonyl (C=O) groups excluding carboxylic acids is 1. The molecule has 0 spiro atoms. The third-order valence-electron chi connectivity index (χ3n) is 3.36. The molecule has 1 aromatic carbocycles. The first-order valence-corrected chi connectivity index (χ1v) is 7.80. The lowest BCUT2D eigenvalue weighted by molar-refractivity contribution is -0.384. The van der Waals surface area contributed by atoms with Crippen molar-refractivity contribution in [1.29, 1.82) is 0 Å². The van der Waals surface area contributed by atoms with Gasteiger partial charge in [0.2, 0.25) is 5.91 Å². The van der Waals surface area contributed by atoms with Gasteiger partial charge in [0.1, 0.15) is 0 Å². The molecule has 0 bridgehead atoms. The van der Waals surface area contributed by atoms with Crippen LogP contribution in [0.25, 0.3) is 0 Å². The van der Waals surface area contributed by atoms with Gasteiger partial charge in [0.25, 0.3) is 5.69 Å². The first kappa shape index (κ1) is 16.2. The molecule has 0 saturated carbocycles. The highest BCUT2D eigenvalue weighted by Crippen LogP contribution is 2.18. The summed E-state index contributed by atoms with van der Waals surface area (Å²) in [5, 5.41) is 10.7. The monoisotopic (exact) mass is 318 g/mol. The summed E-state index contributed by atoms with van der Waals surface area (Å²) in [6, 6.07) is 10.5. The van der Waals surface area contributed by atoms with E-state index in [9.17, 15) is 14.9 Å². The number of nitrogens with zero attached hydrogens (tertiary/aromatic N) is 2. The van der Waals surface area contributed by atoms with E-state index in [0.29, 0.717) is 19.4 Å². The molecule has 0 aliphatic rings. The summed E-state index contributed by atoms with van der Waals surface area (Å²) in [6.45, 7) is 2.64. The molecule has 0 unspecified atom stereocenters. The van der Waals surface area contributed by atoms with E-state index >= 15 is 0 Å². The quantitative estimate of drug-likeness (QED) is 0.604. The molecular formula is C16H18N2O3S. The molecule has 1 heterocycles. The number of rotatable bonds is 6. The van der Waals surface area contributed by atoms with Gasteiger partial charge in [0.15, 0.2) is 0 Å². The lowest BCUT2D eigenvalue weighted by Gasteiger charge is -2.16. The van der Waals surface area contributed by atoms with Crippen LogP contribution in [0.3, 0.4) is 0 Å². The van der Waals surface area contributed by atoms with Gasteiger partial charge in [0, 0.05) is 35.4 Å². The predicted octanol–water partition coefficient (Wildman–Crippen LogP) is 3.56. The normalized spacial score (nSPS) is 10.5. The Labute approximate surface area is 133 Å². The van der Waals surface area contributed by atoms with Crippen LogP contribution >= 0.6 is 11.3 Å². The van der Waals surface area contributed by atoms with Gasteiger partial charge >= 0.3 is 0 Å². The smallest absolute Gasteiger partial charge is 0.269 e. The van der Waals surface area contributed by atoms with Gasteiger partial charge in [-0.15, -0.1) is 11.3 Å². The van der Waals surface area contributed by atoms with Gasteiger partial charge < -0.3 is 4.90 Å². The Morgan fingerprint density at radius 1 is 1.32 bits per heavy atom. The van der Waals surface area contributed by atoms with Crippen molar-refractivity contribution in [2.75, 3.05) is 7.05 Å². The fourth-order valence-electron chi connectivity index (χ4n) is 2.16. The van der Waals surface area contributed by atoms with E-state index in [1.807, 2.05) is 25.1 Å². The van der Waals surface area contributed by atoms with E-state index in [0.717, 1.165) is 10.4 Å². The molecule has 1 aromatic heterocycles. The molecule has 6 heteroatoms. The maximum Gasteiger partial charge on any atom is 0.269 e. The number of nitro groups is 1. The van der Waals surface area contributed by atoms with E-state index in [-0.39, 0.29) is 11.6 Å². The Kier molecular flexibility index (Phi) is 5.27. The summed E-state index contributed by atoms with van der Waals surface area (Å²) in [5.74, 6) is 0.0394. The molecule has 2 aromatic rings. The Morgan fingerprint density at radius 3 is 2.73 bits per heavy atom. The second-order valence-electron chi connectivity index (χ2n) is 5.19. The van der Waals surface area contributed by atoms with Crippen LogP contribution in [-0.2, 0) is 17.8 Å². The molecule has 5 nitrogen and oxygen atoms in total. The molecule has 0 fully saturated rings. The Bertz CT molecular complexity index is 682. The summed E-state index contributed by atoms with van der Waals surface area (Å²) >= 11 is 1.68. The van der Waals surface area contributed by atoms with Crippen molar-refractivity contribution in [3.63, 3.8) is 0 Å². The fraction of sp³-hybridized carbons (Fsp3) is 0.312. The van der Waals surface area contributed by atoms with Crippen LogP contribution in [0.15, 0.2) is 36.4 Å². The molecule has 0 radical (unpaired) electrons. The summed E-state index contributed by atoms with van der Waals surface area (Å²) in [7, 11) is 1.78. The van der Waals surface area contributed by atoms with Crippen molar-refractivity contribution in [2.24, 2.45) is 0 Å². The minimum atomic E-state index is -0.420. The second kappa shape index (κ2) is 7.17. The van der Waals surface area contributed by atoms with Crippen LogP contribution in [0, 0.1) is 17.0 Å². The summed E-state index contributed by atoms with van der Waals surface area (Å²) < 4.78 is 0. The topological polar surface area (TPSA) is 63.5 Å². The number of aryl methyl sites for hydroxylation is 2. The van der Waals surface area contributed by atoms with Crippen molar-refractivity contribution >= 4 is 22.9 Å². The first-order valence-electron chi connectivity index (χ1n) is 6.98. The van der Waals surface area contributed by atoms with Crippen LogP contribution in [0.5, 0.6) is 0 Å². The van der Waals surface area contributed by atoms with Gasteiger partial charge in [-0.05, 0) is 31.0 Å². The number of non-ortho nitro benzene ring substituents is 1. The van der Waals surface area contributed by atoms with Crippen LogP contribution in [-0.4, -0.2) is 22.8 Å². The van der Waals surface area contributed by atoms with Gasteiger partial charge in [-0.1, -0.05) is 12.1 Å².